The van der Waals surface area contributed by atoms with Gasteiger partial charge in [-0.15, -0.1) is 0 Å². The molecule has 1 aromatic rings. The van der Waals surface area contributed by atoms with Crippen molar-refractivity contribution in [3.8, 4) is 0 Å². The van der Waals surface area contributed by atoms with Crippen LogP contribution in [0.2, 0.25) is 10.0 Å². The van der Waals surface area contributed by atoms with Crippen LogP contribution in [0, 0.1) is 5.92 Å². The summed E-state index contributed by atoms with van der Waals surface area (Å²) in [4.78, 5) is 33.6. The van der Waals surface area contributed by atoms with Crippen molar-refractivity contribution in [3.05, 3.63) is 33.8 Å². The number of carboxylic acids is 1. The van der Waals surface area contributed by atoms with Gasteiger partial charge < -0.3 is 19.9 Å². The van der Waals surface area contributed by atoms with Gasteiger partial charge in [-0.05, 0) is 30.2 Å². The van der Waals surface area contributed by atoms with Crippen LogP contribution in [0.25, 0.3) is 0 Å². The standard InChI is InChI=1S/C15H17Cl2NO6/c1-8(19)23-9(2)24-15(22)18-7-11(14(20)21)5-10-6-12(16)3-4-13(10)17/h3-4,6,9,11H,5,7H2,1-2H3,(H,18,22)(H,20,21)/t9-,11+/m1/s1. The normalized spacial score (nSPS) is 12.8. The molecule has 0 radical (unpaired) electrons. The summed E-state index contributed by atoms with van der Waals surface area (Å²) < 4.78 is 9.38. The van der Waals surface area contributed by atoms with Crippen LogP contribution in [0.1, 0.15) is 19.4 Å². The van der Waals surface area contributed by atoms with Crippen LogP contribution in [0.4, 0.5) is 4.79 Å². The zero-order valence-corrected chi connectivity index (χ0v) is 14.6. The van der Waals surface area contributed by atoms with Crippen LogP contribution in [0.5, 0.6) is 0 Å². The summed E-state index contributed by atoms with van der Waals surface area (Å²) in [7, 11) is 0. The maximum atomic E-state index is 11.6. The van der Waals surface area contributed by atoms with E-state index in [1.54, 1.807) is 18.2 Å². The molecule has 0 saturated carbocycles. The van der Waals surface area contributed by atoms with Crippen molar-refractivity contribution in [2.75, 3.05) is 6.54 Å². The number of rotatable bonds is 7. The van der Waals surface area contributed by atoms with Gasteiger partial charge in [0.1, 0.15) is 0 Å². The minimum atomic E-state index is -1.11. The Kier molecular flexibility index (Phi) is 7.81. The van der Waals surface area contributed by atoms with Gasteiger partial charge in [-0.3, -0.25) is 9.59 Å². The number of alkyl carbamates (subject to hydrolysis) is 1. The molecule has 7 nitrogen and oxygen atoms in total. The second-order valence-electron chi connectivity index (χ2n) is 4.94. The Morgan fingerprint density at radius 1 is 1.25 bits per heavy atom. The fraction of sp³-hybridized carbons (Fsp3) is 0.400. The number of halogens is 2. The Labute approximate surface area is 148 Å². The lowest BCUT2D eigenvalue weighted by molar-refractivity contribution is -0.162. The lowest BCUT2D eigenvalue weighted by atomic mass is 9.99. The Morgan fingerprint density at radius 3 is 2.50 bits per heavy atom. The van der Waals surface area contributed by atoms with E-state index in [0.717, 1.165) is 0 Å². The quantitative estimate of drug-likeness (QED) is 0.559. The highest BCUT2D eigenvalue weighted by Crippen LogP contribution is 2.23. The summed E-state index contributed by atoms with van der Waals surface area (Å²) in [6, 6.07) is 4.73. The van der Waals surface area contributed by atoms with Crippen molar-refractivity contribution < 1.29 is 29.0 Å². The predicted octanol–water partition coefficient (Wildman–Crippen LogP) is 2.87. The second kappa shape index (κ2) is 9.34. The van der Waals surface area contributed by atoms with Gasteiger partial charge in [0, 0.05) is 30.4 Å². The average molecular weight is 378 g/mol. The van der Waals surface area contributed by atoms with E-state index in [9.17, 15) is 19.5 Å². The van der Waals surface area contributed by atoms with E-state index in [-0.39, 0.29) is 13.0 Å². The molecule has 0 bridgehead atoms. The summed E-state index contributed by atoms with van der Waals surface area (Å²) >= 11 is 11.9. The second-order valence-corrected chi connectivity index (χ2v) is 5.78. The van der Waals surface area contributed by atoms with Crippen LogP contribution in [0.3, 0.4) is 0 Å². The largest absolute Gasteiger partial charge is 0.481 e. The highest BCUT2D eigenvalue weighted by atomic mass is 35.5. The Hall–Kier alpha value is -1.99. The van der Waals surface area contributed by atoms with Crippen molar-refractivity contribution in [2.45, 2.75) is 26.6 Å². The first-order chi connectivity index (χ1) is 11.2. The van der Waals surface area contributed by atoms with E-state index in [1.807, 2.05) is 0 Å². The number of aliphatic carboxylic acids is 1. The van der Waals surface area contributed by atoms with Crippen LogP contribution in [-0.2, 0) is 25.5 Å². The van der Waals surface area contributed by atoms with Crippen LogP contribution in [-0.4, -0.2) is 36.0 Å². The molecule has 0 saturated heterocycles. The number of carbonyl (C=O) groups excluding carboxylic acids is 2. The molecule has 0 aromatic heterocycles. The van der Waals surface area contributed by atoms with Crippen LogP contribution < -0.4 is 5.32 Å². The molecule has 9 heteroatoms. The lowest BCUT2D eigenvalue weighted by Crippen LogP contribution is -2.36. The van der Waals surface area contributed by atoms with Crippen molar-refractivity contribution in [2.24, 2.45) is 5.92 Å². The highest BCUT2D eigenvalue weighted by Gasteiger charge is 2.21. The molecule has 0 aliphatic heterocycles. The van der Waals surface area contributed by atoms with Gasteiger partial charge in [0.05, 0.1) is 5.92 Å². The van der Waals surface area contributed by atoms with Gasteiger partial charge >= 0.3 is 18.0 Å². The minimum absolute atomic E-state index is 0.0779. The third-order valence-electron chi connectivity index (χ3n) is 2.92. The first-order valence-corrected chi connectivity index (χ1v) is 7.73. The molecular weight excluding hydrogens is 361 g/mol. The van der Waals surface area contributed by atoms with Crippen molar-refractivity contribution in [3.63, 3.8) is 0 Å². The van der Waals surface area contributed by atoms with E-state index < -0.39 is 30.2 Å². The maximum absolute atomic E-state index is 11.6. The average Bonchev–Trinajstić information content (AvgIpc) is 2.45. The zero-order valence-electron chi connectivity index (χ0n) is 13.0. The molecule has 0 spiro atoms. The summed E-state index contributed by atoms with van der Waals surface area (Å²) in [5.74, 6) is -2.65. The zero-order chi connectivity index (χ0) is 18.3. The summed E-state index contributed by atoms with van der Waals surface area (Å²) in [6.45, 7) is 2.35. The summed E-state index contributed by atoms with van der Waals surface area (Å²) in [5, 5.41) is 12.4. The number of ether oxygens (including phenoxy) is 2. The van der Waals surface area contributed by atoms with Gasteiger partial charge in [0.25, 0.3) is 0 Å². The van der Waals surface area contributed by atoms with Crippen molar-refractivity contribution in [1.82, 2.24) is 5.32 Å². The Morgan fingerprint density at radius 2 is 1.92 bits per heavy atom. The third-order valence-corrected chi connectivity index (χ3v) is 3.52. The molecule has 24 heavy (non-hydrogen) atoms. The number of esters is 1. The van der Waals surface area contributed by atoms with E-state index in [2.05, 4.69) is 10.1 Å². The molecule has 0 heterocycles. The lowest BCUT2D eigenvalue weighted by Gasteiger charge is -2.16. The number of carboxylic acid groups (broad SMARTS) is 1. The molecule has 1 rings (SSSR count). The number of benzene rings is 1. The van der Waals surface area contributed by atoms with Gasteiger partial charge in [0.15, 0.2) is 0 Å². The van der Waals surface area contributed by atoms with E-state index in [0.29, 0.717) is 15.6 Å². The molecule has 1 amide bonds. The van der Waals surface area contributed by atoms with Gasteiger partial charge in [-0.1, -0.05) is 23.2 Å². The maximum Gasteiger partial charge on any atom is 0.410 e. The van der Waals surface area contributed by atoms with E-state index >= 15 is 0 Å². The van der Waals surface area contributed by atoms with E-state index in [1.165, 1.54) is 13.8 Å². The number of nitrogens with one attached hydrogen (secondary N) is 1. The fourth-order valence-corrected chi connectivity index (χ4v) is 2.26. The predicted molar refractivity (Wildman–Crippen MR) is 87.0 cm³/mol. The van der Waals surface area contributed by atoms with Crippen molar-refractivity contribution >= 4 is 41.2 Å². The van der Waals surface area contributed by atoms with Gasteiger partial charge in [-0.25, -0.2) is 4.79 Å². The molecule has 0 aliphatic rings. The molecular formula is C15H17Cl2NO6. The first-order valence-electron chi connectivity index (χ1n) is 6.97. The highest BCUT2D eigenvalue weighted by molar-refractivity contribution is 6.33. The Bertz CT molecular complexity index is 622. The smallest absolute Gasteiger partial charge is 0.410 e. The van der Waals surface area contributed by atoms with Crippen molar-refractivity contribution in [1.29, 1.82) is 0 Å². The number of hydrogen-bond donors (Lipinski definition) is 2. The molecule has 2 N–H and O–H groups in total. The molecule has 0 fully saturated rings. The van der Waals surface area contributed by atoms with Gasteiger partial charge in [0.2, 0.25) is 6.29 Å². The molecule has 2 atom stereocenters. The summed E-state index contributed by atoms with van der Waals surface area (Å²) in [6.07, 6.45) is -1.89. The molecule has 132 valence electrons. The first kappa shape index (κ1) is 20.1. The SMILES string of the molecule is CC(=O)O[C@@H](C)OC(=O)NC[C@H](Cc1cc(Cl)ccc1Cl)C(=O)O. The summed E-state index contributed by atoms with van der Waals surface area (Å²) in [5.41, 5.74) is 0.556. The minimum Gasteiger partial charge on any atom is -0.481 e. The molecule has 1 aromatic carbocycles. The topological polar surface area (TPSA) is 102 Å². The van der Waals surface area contributed by atoms with E-state index in [4.69, 9.17) is 27.9 Å². The van der Waals surface area contributed by atoms with Gasteiger partial charge in [-0.2, -0.15) is 0 Å². The van der Waals surface area contributed by atoms with Crippen LogP contribution in [0.15, 0.2) is 18.2 Å². The number of carbonyl (C=O) groups is 3. The monoisotopic (exact) mass is 377 g/mol. The number of amides is 1. The Balaban J connectivity index is 2.61. The third kappa shape index (κ3) is 7.06. The molecule has 0 unspecified atom stereocenters. The number of hydrogen-bond acceptors (Lipinski definition) is 5. The molecule has 0 aliphatic carbocycles. The fourth-order valence-electron chi connectivity index (χ4n) is 1.87. The van der Waals surface area contributed by atoms with Crippen LogP contribution >= 0.6 is 23.2 Å².